The van der Waals surface area contributed by atoms with Crippen LogP contribution in [-0.4, -0.2) is 33.2 Å². The number of aromatic nitrogens is 3. The van der Waals surface area contributed by atoms with Gasteiger partial charge in [0.2, 0.25) is 17.8 Å². The molecule has 1 aromatic heterocycles. The minimum atomic E-state index is -0.0475. The van der Waals surface area contributed by atoms with Crippen molar-refractivity contribution in [2.24, 2.45) is 0 Å². The zero-order valence-corrected chi connectivity index (χ0v) is 11.2. The Labute approximate surface area is 110 Å². The Morgan fingerprint density at radius 1 is 1.22 bits per heavy atom. The van der Waals surface area contributed by atoms with E-state index < -0.39 is 0 Å². The number of hydrogen-bond acceptors (Lipinski definition) is 7. The largest absolute Gasteiger partial charge is 0.368 e. The number of anilines is 2. The molecule has 100 valence electrons. The molecule has 0 saturated heterocycles. The first kappa shape index (κ1) is 14.5. The summed E-state index contributed by atoms with van der Waals surface area (Å²) >= 11 is 1.19. The molecule has 18 heavy (non-hydrogen) atoms. The monoisotopic (exact) mass is 270 g/mol. The summed E-state index contributed by atoms with van der Waals surface area (Å²) < 4.78 is 0. The number of nitrogen functional groups attached to an aromatic ring is 2. The molecule has 0 aliphatic carbocycles. The standard InChI is InChI=1S/C10H18N6OS/c1-2-3-4-5-13-7(17)6-18-10-15-8(11)14-9(12)16-10/h2-6H2,1H3,(H,13,17)(H4,11,12,14,15,16). The molecule has 0 bridgehead atoms. The number of hydrogen-bond donors (Lipinski definition) is 3. The molecule has 5 N–H and O–H groups in total. The Morgan fingerprint density at radius 3 is 2.50 bits per heavy atom. The van der Waals surface area contributed by atoms with Gasteiger partial charge in [-0.2, -0.15) is 15.0 Å². The van der Waals surface area contributed by atoms with E-state index in [1.807, 2.05) is 0 Å². The van der Waals surface area contributed by atoms with Gasteiger partial charge in [-0.15, -0.1) is 0 Å². The Bertz CT molecular complexity index is 380. The molecular formula is C10H18N6OS. The number of thioether (sulfide) groups is 1. The zero-order chi connectivity index (χ0) is 13.4. The zero-order valence-electron chi connectivity index (χ0n) is 10.3. The molecule has 7 nitrogen and oxygen atoms in total. The normalized spacial score (nSPS) is 10.3. The molecule has 0 aliphatic heterocycles. The number of nitrogens with two attached hydrogens (primary N) is 2. The van der Waals surface area contributed by atoms with Crippen molar-refractivity contribution in [2.45, 2.75) is 31.3 Å². The van der Waals surface area contributed by atoms with E-state index in [0.29, 0.717) is 11.7 Å². The van der Waals surface area contributed by atoms with Crippen LogP contribution in [0.1, 0.15) is 26.2 Å². The van der Waals surface area contributed by atoms with Crippen molar-refractivity contribution in [1.82, 2.24) is 20.3 Å². The molecule has 1 rings (SSSR count). The summed E-state index contributed by atoms with van der Waals surface area (Å²) in [4.78, 5) is 22.9. The molecule has 0 unspecified atom stereocenters. The summed E-state index contributed by atoms with van der Waals surface area (Å²) in [7, 11) is 0. The van der Waals surface area contributed by atoms with E-state index in [2.05, 4.69) is 27.2 Å². The van der Waals surface area contributed by atoms with Crippen molar-refractivity contribution in [1.29, 1.82) is 0 Å². The summed E-state index contributed by atoms with van der Waals surface area (Å²) in [6, 6.07) is 0. The number of carbonyl (C=O) groups is 1. The predicted molar refractivity (Wildman–Crippen MR) is 71.9 cm³/mol. The molecule has 1 aromatic rings. The van der Waals surface area contributed by atoms with Crippen molar-refractivity contribution in [3.05, 3.63) is 0 Å². The highest BCUT2D eigenvalue weighted by Crippen LogP contribution is 2.13. The maximum absolute atomic E-state index is 11.5. The molecule has 0 aliphatic rings. The van der Waals surface area contributed by atoms with E-state index >= 15 is 0 Å². The minimum Gasteiger partial charge on any atom is -0.368 e. The SMILES string of the molecule is CCCCCNC(=O)CSc1nc(N)nc(N)n1. The van der Waals surface area contributed by atoms with Crippen LogP contribution in [0.3, 0.4) is 0 Å². The van der Waals surface area contributed by atoms with Crippen molar-refractivity contribution in [3.8, 4) is 0 Å². The third-order valence-corrected chi connectivity index (χ3v) is 2.93. The number of nitrogens with one attached hydrogen (secondary N) is 1. The molecule has 0 aromatic carbocycles. The summed E-state index contributed by atoms with van der Waals surface area (Å²) in [6.07, 6.45) is 3.25. The van der Waals surface area contributed by atoms with E-state index in [-0.39, 0.29) is 23.6 Å². The molecule has 0 saturated carbocycles. The molecular weight excluding hydrogens is 252 g/mol. The topological polar surface area (TPSA) is 120 Å². The van der Waals surface area contributed by atoms with Crippen molar-refractivity contribution in [2.75, 3.05) is 23.8 Å². The van der Waals surface area contributed by atoms with Gasteiger partial charge < -0.3 is 16.8 Å². The number of carbonyl (C=O) groups excluding carboxylic acids is 1. The molecule has 0 atom stereocenters. The van der Waals surface area contributed by atoms with Crippen LogP contribution in [0.2, 0.25) is 0 Å². The summed E-state index contributed by atoms with van der Waals surface area (Å²) in [5.41, 5.74) is 10.8. The maximum Gasteiger partial charge on any atom is 0.230 e. The maximum atomic E-state index is 11.5. The van der Waals surface area contributed by atoms with Crippen molar-refractivity contribution in [3.63, 3.8) is 0 Å². The van der Waals surface area contributed by atoms with Crippen molar-refractivity contribution >= 4 is 29.6 Å². The number of nitrogens with zero attached hydrogens (tertiary/aromatic N) is 3. The quantitative estimate of drug-likeness (QED) is 0.485. The van der Waals surface area contributed by atoms with Gasteiger partial charge in [0.15, 0.2) is 5.16 Å². The van der Waals surface area contributed by atoms with Gasteiger partial charge in [0.05, 0.1) is 5.75 Å². The third-order valence-electron chi connectivity index (χ3n) is 2.08. The van der Waals surface area contributed by atoms with Crippen LogP contribution in [0.15, 0.2) is 5.16 Å². The third kappa shape index (κ3) is 5.67. The average Bonchev–Trinajstić information content (AvgIpc) is 2.31. The van der Waals surface area contributed by atoms with E-state index in [4.69, 9.17) is 11.5 Å². The average molecular weight is 270 g/mol. The second-order valence-corrected chi connectivity index (χ2v) is 4.62. The molecule has 1 heterocycles. The van der Waals surface area contributed by atoms with Crippen LogP contribution in [0.4, 0.5) is 11.9 Å². The molecule has 1 amide bonds. The Hall–Kier alpha value is -1.57. The van der Waals surface area contributed by atoms with E-state index in [0.717, 1.165) is 19.3 Å². The minimum absolute atomic E-state index is 0.0475. The first-order valence-corrected chi connectivity index (χ1v) is 6.77. The van der Waals surface area contributed by atoms with Crippen LogP contribution in [-0.2, 0) is 4.79 Å². The van der Waals surface area contributed by atoms with Gasteiger partial charge in [-0.25, -0.2) is 0 Å². The number of unbranched alkanes of at least 4 members (excludes halogenated alkanes) is 2. The van der Waals surface area contributed by atoms with Gasteiger partial charge in [0, 0.05) is 6.54 Å². The Morgan fingerprint density at radius 2 is 1.89 bits per heavy atom. The van der Waals surface area contributed by atoms with Gasteiger partial charge in [-0.05, 0) is 6.42 Å². The summed E-state index contributed by atoms with van der Waals surface area (Å²) in [5.74, 6) is 0.324. The van der Waals surface area contributed by atoms with E-state index in [9.17, 15) is 4.79 Å². The second-order valence-electron chi connectivity index (χ2n) is 3.68. The Kier molecular flexibility index (Phi) is 6.20. The van der Waals surface area contributed by atoms with Crippen molar-refractivity contribution < 1.29 is 4.79 Å². The van der Waals surface area contributed by atoms with Gasteiger partial charge in [-0.1, -0.05) is 31.5 Å². The second kappa shape index (κ2) is 7.70. The van der Waals surface area contributed by atoms with Gasteiger partial charge >= 0.3 is 0 Å². The number of amides is 1. The van der Waals surface area contributed by atoms with Crippen LogP contribution in [0.5, 0.6) is 0 Å². The highest BCUT2D eigenvalue weighted by Gasteiger charge is 2.06. The molecule has 8 heteroatoms. The van der Waals surface area contributed by atoms with Gasteiger partial charge in [0.1, 0.15) is 0 Å². The summed E-state index contributed by atoms with van der Waals surface area (Å²) in [6.45, 7) is 2.82. The Balaban J connectivity index is 2.29. The number of rotatable bonds is 7. The lowest BCUT2D eigenvalue weighted by Gasteiger charge is -2.04. The lowest BCUT2D eigenvalue weighted by molar-refractivity contribution is -0.118. The fourth-order valence-corrected chi connectivity index (χ4v) is 1.92. The van der Waals surface area contributed by atoms with Crippen LogP contribution in [0, 0.1) is 0 Å². The highest BCUT2D eigenvalue weighted by atomic mass is 32.2. The van der Waals surface area contributed by atoms with Gasteiger partial charge in [-0.3, -0.25) is 4.79 Å². The smallest absolute Gasteiger partial charge is 0.230 e. The van der Waals surface area contributed by atoms with Crippen LogP contribution < -0.4 is 16.8 Å². The molecule has 0 radical (unpaired) electrons. The molecule has 0 spiro atoms. The predicted octanol–water partition coefficient (Wildman–Crippen LogP) is 0.435. The van der Waals surface area contributed by atoms with E-state index in [1.54, 1.807) is 0 Å². The fourth-order valence-electron chi connectivity index (χ4n) is 1.24. The molecule has 0 fully saturated rings. The first-order valence-electron chi connectivity index (χ1n) is 5.78. The van der Waals surface area contributed by atoms with E-state index in [1.165, 1.54) is 11.8 Å². The van der Waals surface area contributed by atoms with Crippen LogP contribution >= 0.6 is 11.8 Å². The van der Waals surface area contributed by atoms with Crippen LogP contribution in [0.25, 0.3) is 0 Å². The first-order chi connectivity index (χ1) is 8.61. The fraction of sp³-hybridized carbons (Fsp3) is 0.600. The van der Waals surface area contributed by atoms with Gasteiger partial charge in [0.25, 0.3) is 0 Å². The lowest BCUT2D eigenvalue weighted by Crippen LogP contribution is -2.26. The summed E-state index contributed by atoms with van der Waals surface area (Å²) in [5, 5.41) is 3.19. The lowest BCUT2D eigenvalue weighted by atomic mass is 10.2. The highest BCUT2D eigenvalue weighted by molar-refractivity contribution is 7.99.